The molecule has 0 saturated heterocycles. The van der Waals surface area contributed by atoms with E-state index in [-0.39, 0.29) is 5.92 Å². The van der Waals surface area contributed by atoms with E-state index in [1.165, 1.54) is 6.33 Å². The molecule has 0 atom stereocenters. The molecular weight excluding hydrogens is 248 g/mol. The molecule has 2 N–H and O–H groups in total. The molecule has 0 radical (unpaired) electrons. The van der Waals surface area contributed by atoms with Crippen LogP contribution in [0.2, 0.25) is 0 Å². The minimum atomic E-state index is 0.262. The van der Waals surface area contributed by atoms with E-state index in [1.54, 1.807) is 6.20 Å². The van der Waals surface area contributed by atoms with E-state index in [0.29, 0.717) is 5.82 Å². The molecule has 0 aliphatic rings. The van der Waals surface area contributed by atoms with Gasteiger partial charge in [-0.15, -0.1) is 0 Å². The highest BCUT2D eigenvalue weighted by Crippen LogP contribution is 2.33. The summed E-state index contributed by atoms with van der Waals surface area (Å²) in [6.45, 7) is 4.20. The number of hydrogen-bond donors (Lipinski definition) is 1. The highest BCUT2D eigenvalue weighted by Gasteiger charge is 2.16. The van der Waals surface area contributed by atoms with Gasteiger partial charge in [0.15, 0.2) is 0 Å². The lowest BCUT2D eigenvalue weighted by atomic mass is 9.95. The first-order valence-corrected chi connectivity index (χ1v) is 6.63. The zero-order valence-corrected chi connectivity index (χ0v) is 11.5. The number of fused-ring (bicyclic) bond motifs is 1. The molecule has 4 nitrogen and oxygen atoms in total. The molecule has 4 heteroatoms. The van der Waals surface area contributed by atoms with Crippen LogP contribution < -0.4 is 5.73 Å². The molecule has 2 aromatic heterocycles. The number of benzene rings is 1. The van der Waals surface area contributed by atoms with Crippen LogP contribution in [0.4, 0.5) is 5.82 Å². The Labute approximate surface area is 117 Å². The van der Waals surface area contributed by atoms with E-state index in [9.17, 15) is 0 Å². The predicted molar refractivity (Wildman–Crippen MR) is 81.3 cm³/mol. The van der Waals surface area contributed by atoms with Crippen LogP contribution in [0.25, 0.3) is 22.2 Å². The number of aromatic nitrogens is 3. The summed E-state index contributed by atoms with van der Waals surface area (Å²) >= 11 is 0. The first-order valence-electron chi connectivity index (χ1n) is 6.63. The predicted octanol–water partition coefficient (Wildman–Crippen LogP) is 3.40. The van der Waals surface area contributed by atoms with E-state index < -0.39 is 0 Å². The van der Waals surface area contributed by atoms with Crippen LogP contribution in [0.15, 0.2) is 42.9 Å². The fraction of sp³-hybridized carbons (Fsp3) is 0.188. The Morgan fingerprint density at radius 1 is 1.00 bits per heavy atom. The molecule has 0 spiro atoms. The second kappa shape index (κ2) is 4.89. The normalized spacial score (nSPS) is 11.2. The first kappa shape index (κ1) is 12.5. The van der Waals surface area contributed by atoms with E-state index in [4.69, 9.17) is 5.73 Å². The second-order valence-electron chi connectivity index (χ2n) is 5.05. The van der Waals surface area contributed by atoms with Crippen LogP contribution in [-0.2, 0) is 0 Å². The summed E-state index contributed by atoms with van der Waals surface area (Å²) in [6.07, 6.45) is 3.32. The summed E-state index contributed by atoms with van der Waals surface area (Å²) in [7, 11) is 0. The number of nitrogens with two attached hydrogens (primary N) is 1. The summed E-state index contributed by atoms with van der Waals surface area (Å²) in [5.41, 5.74) is 9.93. The number of rotatable bonds is 2. The second-order valence-corrected chi connectivity index (χ2v) is 5.05. The highest BCUT2D eigenvalue weighted by molar-refractivity contribution is 5.94. The van der Waals surface area contributed by atoms with Gasteiger partial charge in [-0.3, -0.25) is 4.98 Å². The van der Waals surface area contributed by atoms with Crippen molar-refractivity contribution in [3.63, 3.8) is 0 Å². The summed E-state index contributed by atoms with van der Waals surface area (Å²) in [4.78, 5) is 13.0. The van der Waals surface area contributed by atoms with Gasteiger partial charge >= 0.3 is 0 Å². The van der Waals surface area contributed by atoms with Crippen molar-refractivity contribution in [2.75, 3.05) is 5.73 Å². The minimum Gasteiger partial charge on any atom is -0.383 e. The summed E-state index contributed by atoms with van der Waals surface area (Å²) in [5.74, 6) is 0.809. The van der Waals surface area contributed by atoms with Gasteiger partial charge in [0.05, 0.1) is 11.2 Å². The molecule has 20 heavy (non-hydrogen) atoms. The molecule has 0 aliphatic carbocycles. The van der Waals surface area contributed by atoms with Crippen molar-refractivity contribution in [3.8, 4) is 11.3 Å². The van der Waals surface area contributed by atoms with Gasteiger partial charge in [-0.2, -0.15) is 0 Å². The fourth-order valence-electron chi connectivity index (χ4n) is 2.50. The Morgan fingerprint density at radius 3 is 2.65 bits per heavy atom. The summed E-state index contributed by atoms with van der Waals surface area (Å²) in [6, 6.07) is 10.0. The molecule has 1 aromatic carbocycles. The maximum atomic E-state index is 6.04. The van der Waals surface area contributed by atoms with Crippen LogP contribution in [0.3, 0.4) is 0 Å². The quantitative estimate of drug-likeness (QED) is 0.770. The Hall–Kier alpha value is -2.49. The van der Waals surface area contributed by atoms with Crippen molar-refractivity contribution >= 4 is 16.7 Å². The Bertz CT molecular complexity index is 760. The van der Waals surface area contributed by atoms with E-state index in [0.717, 1.165) is 27.7 Å². The number of nitrogens with zero attached hydrogens (tertiary/aromatic N) is 3. The molecule has 0 saturated carbocycles. The smallest absolute Gasteiger partial charge is 0.130 e. The van der Waals surface area contributed by atoms with Crippen LogP contribution in [0, 0.1) is 0 Å². The number of pyridine rings is 1. The Morgan fingerprint density at radius 2 is 1.85 bits per heavy atom. The average Bonchev–Trinajstić information content (AvgIpc) is 2.46. The maximum absolute atomic E-state index is 6.04. The summed E-state index contributed by atoms with van der Waals surface area (Å²) in [5, 5.41) is 1.08. The molecular formula is C16H16N4. The summed E-state index contributed by atoms with van der Waals surface area (Å²) < 4.78 is 0. The van der Waals surface area contributed by atoms with Crippen molar-refractivity contribution in [2.45, 2.75) is 19.8 Å². The fourth-order valence-corrected chi connectivity index (χ4v) is 2.50. The van der Waals surface area contributed by atoms with Gasteiger partial charge in [0.25, 0.3) is 0 Å². The lowest BCUT2D eigenvalue weighted by molar-refractivity contribution is 0.855. The molecule has 0 aliphatic heterocycles. The SMILES string of the molecule is CC(C)c1c(N)ncnc1-c1cccc2ncccc12. The van der Waals surface area contributed by atoms with Gasteiger partial charge in [0.2, 0.25) is 0 Å². The highest BCUT2D eigenvalue weighted by atomic mass is 14.9. The molecule has 100 valence electrons. The van der Waals surface area contributed by atoms with Crippen molar-refractivity contribution < 1.29 is 0 Å². The lowest BCUT2D eigenvalue weighted by Crippen LogP contribution is -2.04. The lowest BCUT2D eigenvalue weighted by Gasteiger charge is -2.14. The van der Waals surface area contributed by atoms with Crippen molar-refractivity contribution in [1.82, 2.24) is 15.0 Å². The molecule has 0 fully saturated rings. The van der Waals surface area contributed by atoms with Crippen molar-refractivity contribution in [3.05, 3.63) is 48.4 Å². The molecule has 0 amide bonds. The van der Waals surface area contributed by atoms with Gasteiger partial charge in [-0.05, 0) is 18.1 Å². The van der Waals surface area contributed by atoms with Crippen LogP contribution in [-0.4, -0.2) is 15.0 Å². The number of nitrogen functional groups attached to an aromatic ring is 1. The third-order valence-corrected chi connectivity index (χ3v) is 3.39. The van der Waals surface area contributed by atoms with Crippen molar-refractivity contribution in [1.29, 1.82) is 0 Å². The zero-order valence-electron chi connectivity index (χ0n) is 11.5. The third-order valence-electron chi connectivity index (χ3n) is 3.39. The molecule has 2 heterocycles. The van der Waals surface area contributed by atoms with Crippen LogP contribution >= 0.6 is 0 Å². The van der Waals surface area contributed by atoms with Gasteiger partial charge in [-0.25, -0.2) is 9.97 Å². The van der Waals surface area contributed by atoms with Gasteiger partial charge in [0, 0.05) is 22.7 Å². The largest absolute Gasteiger partial charge is 0.383 e. The molecule has 0 bridgehead atoms. The topological polar surface area (TPSA) is 64.7 Å². The number of hydrogen-bond acceptors (Lipinski definition) is 4. The van der Waals surface area contributed by atoms with Gasteiger partial charge in [0.1, 0.15) is 12.1 Å². The molecule has 3 aromatic rings. The Kier molecular flexibility index (Phi) is 3.06. The van der Waals surface area contributed by atoms with Crippen LogP contribution in [0.1, 0.15) is 25.3 Å². The van der Waals surface area contributed by atoms with Crippen molar-refractivity contribution in [2.24, 2.45) is 0 Å². The number of anilines is 1. The maximum Gasteiger partial charge on any atom is 0.130 e. The minimum absolute atomic E-state index is 0.262. The van der Waals surface area contributed by atoms with E-state index >= 15 is 0 Å². The van der Waals surface area contributed by atoms with Gasteiger partial charge in [-0.1, -0.05) is 32.0 Å². The third kappa shape index (κ3) is 1.99. The average molecular weight is 264 g/mol. The van der Waals surface area contributed by atoms with E-state index in [1.807, 2.05) is 18.2 Å². The zero-order chi connectivity index (χ0) is 14.1. The van der Waals surface area contributed by atoms with E-state index in [2.05, 4.69) is 40.9 Å². The Balaban J connectivity index is 2.35. The van der Waals surface area contributed by atoms with Gasteiger partial charge < -0.3 is 5.73 Å². The first-order chi connectivity index (χ1) is 9.68. The standard InChI is InChI=1S/C16H16N4/c1-10(2)14-15(19-9-20-16(14)17)12-5-3-7-13-11(12)6-4-8-18-13/h3-10H,1-2H3,(H2,17,19,20). The molecule has 0 unspecified atom stereocenters. The monoisotopic (exact) mass is 264 g/mol. The molecule has 3 rings (SSSR count). The van der Waals surface area contributed by atoms with Crippen LogP contribution in [0.5, 0.6) is 0 Å².